The second-order valence-electron chi connectivity index (χ2n) is 11.6. The third-order valence-corrected chi connectivity index (χ3v) is 12.0. The Labute approximate surface area is 267 Å². The van der Waals surface area contributed by atoms with Crippen molar-refractivity contribution in [2.24, 2.45) is 0 Å². The van der Waals surface area contributed by atoms with E-state index in [1.54, 1.807) is 0 Å². The zero-order valence-electron chi connectivity index (χ0n) is 24.8. The highest BCUT2D eigenvalue weighted by Gasteiger charge is 2.48. The molecule has 0 aliphatic carbocycles. The van der Waals surface area contributed by atoms with Gasteiger partial charge in [0.2, 0.25) is 0 Å². The van der Waals surface area contributed by atoms with Gasteiger partial charge in [-0.3, -0.25) is 0 Å². The summed E-state index contributed by atoms with van der Waals surface area (Å²) in [5.41, 5.74) is 7.83. The van der Waals surface area contributed by atoms with Crippen LogP contribution in [-0.2, 0) is 4.57 Å². The van der Waals surface area contributed by atoms with Crippen LogP contribution in [-0.4, -0.2) is 0 Å². The maximum absolute atomic E-state index is 16.4. The van der Waals surface area contributed by atoms with Gasteiger partial charge in [0.25, 0.3) is 0 Å². The van der Waals surface area contributed by atoms with E-state index >= 15 is 4.57 Å². The summed E-state index contributed by atoms with van der Waals surface area (Å²) in [6.07, 6.45) is 0. The third kappa shape index (κ3) is 4.10. The maximum Gasteiger partial charge on any atom is 0.185 e. The van der Waals surface area contributed by atoms with Gasteiger partial charge in [-0.1, -0.05) is 133 Å². The fraction of sp³-hybridized carbons (Fsp3) is 0. The van der Waals surface area contributed by atoms with Crippen LogP contribution in [0.2, 0.25) is 0 Å². The van der Waals surface area contributed by atoms with Crippen molar-refractivity contribution in [2.75, 3.05) is 0 Å². The number of ether oxygens (including phenoxy) is 2. The number of hydrogen-bond donors (Lipinski definition) is 0. The Morgan fingerprint density at radius 1 is 0.370 bits per heavy atom. The maximum atomic E-state index is 16.4. The molecule has 0 radical (unpaired) electrons. The molecule has 0 fully saturated rings. The molecule has 7 aromatic rings. The summed E-state index contributed by atoms with van der Waals surface area (Å²) in [6, 6.07) is 55.0. The summed E-state index contributed by atoms with van der Waals surface area (Å²) >= 11 is 0. The van der Waals surface area contributed by atoms with Crippen LogP contribution in [0.15, 0.2) is 164 Å². The minimum atomic E-state index is -3.52. The van der Waals surface area contributed by atoms with Crippen LogP contribution in [0.5, 0.6) is 23.0 Å². The van der Waals surface area contributed by atoms with Gasteiger partial charge in [0, 0.05) is 11.1 Å². The Morgan fingerprint density at radius 2 is 0.826 bits per heavy atom. The van der Waals surface area contributed by atoms with Crippen LogP contribution in [0.1, 0.15) is 0 Å². The summed E-state index contributed by atoms with van der Waals surface area (Å²) in [7, 11) is -3.52. The first kappa shape index (κ1) is 26.7. The largest absolute Gasteiger partial charge is 0.455 e. The smallest absolute Gasteiger partial charge is 0.185 e. The summed E-state index contributed by atoms with van der Waals surface area (Å²) in [5.74, 6) is 2.37. The van der Waals surface area contributed by atoms with Gasteiger partial charge >= 0.3 is 0 Å². The number of benzene rings is 7. The van der Waals surface area contributed by atoms with Gasteiger partial charge in [-0.05, 0) is 63.7 Å². The second-order valence-corrected chi connectivity index (χ2v) is 14.3. The molecule has 46 heavy (non-hydrogen) atoms. The molecule has 7 aromatic carbocycles. The quantitative estimate of drug-likeness (QED) is 0.186. The summed E-state index contributed by atoms with van der Waals surface area (Å²) in [6.45, 7) is 0. The first-order valence-corrected chi connectivity index (χ1v) is 17.1. The Kier molecular flexibility index (Phi) is 6.09. The highest BCUT2D eigenvalue weighted by molar-refractivity contribution is 7.86. The lowest BCUT2D eigenvalue weighted by Gasteiger charge is -2.37. The fourth-order valence-electron chi connectivity index (χ4n) is 6.71. The molecule has 1 atom stereocenters. The van der Waals surface area contributed by atoms with Crippen molar-refractivity contribution in [3.8, 4) is 67.5 Å². The van der Waals surface area contributed by atoms with Crippen molar-refractivity contribution in [1.29, 1.82) is 0 Å². The van der Waals surface area contributed by atoms with Gasteiger partial charge in [-0.2, -0.15) is 0 Å². The van der Waals surface area contributed by atoms with Crippen molar-refractivity contribution in [3.05, 3.63) is 164 Å². The van der Waals surface area contributed by atoms with Crippen molar-refractivity contribution >= 4 is 23.1 Å². The van der Waals surface area contributed by atoms with E-state index in [2.05, 4.69) is 66.7 Å². The third-order valence-electron chi connectivity index (χ3n) is 8.93. The minimum absolute atomic E-state index is 0.581. The molecule has 0 N–H and O–H groups in total. The molecule has 2 heterocycles. The standard InChI is InChI=1S/C42H27O3P/c43-46-38-24-22-32(28-13-5-1-6-14-28)25-37(38)45-41-35(31-19-11-4-12-20-31)27-34(30-17-9-3-10-18-30)40(42(41)46)44-36-23-21-33(26-39(36)46)29-15-7-2-8-16-29/h1-27H/t46-/m1/s1. The van der Waals surface area contributed by atoms with Crippen molar-refractivity contribution in [3.63, 3.8) is 0 Å². The molecule has 2 aliphatic rings. The highest BCUT2D eigenvalue weighted by atomic mass is 31.2. The lowest BCUT2D eigenvalue weighted by Crippen LogP contribution is -2.35. The molecule has 0 unspecified atom stereocenters. The molecular weight excluding hydrogens is 583 g/mol. The minimum Gasteiger partial charge on any atom is -0.455 e. The zero-order valence-corrected chi connectivity index (χ0v) is 25.7. The summed E-state index contributed by atoms with van der Waals surface area (Å²) < 4.78 is 30.1. The SMILES string of the molecule is O=[P@@]12c3ccc(-c4ccccc4)cc3Oc3c(-c4ccccc4)cc(-c4ccccc4)c(c31)Oc1ccc(-c3ccccc3)cc12. The predicted molar refractivity (Wildman–Crippen MR) is 188 cm³/mol. The van der Waals surface area contributed by atoms with Crippen molar-refractivity contribution in [1.82, 2.24) is 0 Å². The molecule has 0 amide bonds. The average molecular weight is 611 g/mol. The van der Waals surface area contributed by atoms with E-state index < -0.39 is 7.14 Å². The molecule has 4 heteroatoms. The van der Waals surface area contributed by atoms with E-state index in [9.17, 15) is 0 Å². The predicted octanol–water partition coefficient (Wildman–Crippen LogP) is 10.2. The Hall–Kier alpha value is -5.63. The van der Waals surface area contributed by atoms with E-state index in [0.29, 0.717) is 38.9 Å². The topological polar surface area (TPSA) is 35.5 Å². The molecule has 2 aliphatic heterocycles. The second kappa shape index (κ2) is 10.5. The molecule has 0 bridgehead atoms. The normalized spacial score (nSPS) is 15.5. The van der Waals surface area contributed by atoms with Gasteiger partial charge in [0.15, 0.2) is 7.14 Å². The highest BCUT2D eigenvalue weighted by Crippen LogP contribution is 2.62. The Morgan fingerprint density at radius 3 is 1.37 bits per heavy atom. The van der Waals surface area contributed by atoms with Crippen LogP contribution >= 0.6 is 7.14 Å². The monoisotopic (exact) mass is 610 g/mol. The molecule has 3 nitrogen and oxygen atoms in total. The van der Waals surface area contributed by atoms with Crippen LogP contribution < -0.4 is 25.4 Å². The van der Waals surface area contributed by atoms with E-state index in [1.807, 2.05) is 97.1 Å². The van der Waals surface area contributed by atoms with Crippen LogP contribution in [0, 0.1) is 0 Å². The zero-order chi connectivity index (χ0) is 30.7. The Balaban J connectivity index is 1.38. The van der Waals surface area contributed by atoms with Crippen LogP contribution in [0.3, 0.4) is 0 Å². The molecule has 9 rings (SSSR count). The molecule has 0 aromatic heterocycles. The molecular formula is C42H27O3P. The lowest BCUT2D eigenvalue weighted by atomic mass is 9.96. The van der Waals surface area contributed by atoms with Gasteiger partial charge in [-0.25, -0.2) is 0 Å². The van der Waals surface area contributed by atoms with Crippen molar-refractivity contribution in [2.45, 2.75) is 0 Å². The Bertz CT molecular complexity index is 2320. The summed E-state index contributed by atoms with van der Waals surface area (Å²) in [5, 5.41) is 1.98. The van der Waals surface area contributed by atoms with Gasteiger partial charge in [0.1, 0.15) is 28.3 Å². The van der Waals surface area contributed by atoms with Crippen LogP contribution in [0.4, 0.5) is 0 Å². The fourth-order valence-corrected chi connectivity index (χ4v) is 9.81. The van der Waals surface area contributed by atoms with Gasteiger partial charge in [-0.15, -0.1) is 0 Å². The first-order valence-electron chi connectivity index (χ1n) is 15.4. The lowest BCUT2D eigenvalue weighted by molar-refractivity contribution is 0.464. The van der Waals surface area contributed by atoms with Gasteiger partial charge in [0.05, 0.1) is 10.6 Å². The molecule has 218 valence electrons. The van der Waals surface area contributed by atoms with Crippen LogP contribution in [0.25, 0.3) is 44.5 Å². The van der Waals surface area contributed by atoms with E-state index in [-0.39, 0.29) is 0 Å². The number of fused-ring (bicyclic) bond motifs is 4. The molecule has 0 spiro atoms. The first-order chi connectivity index (χ1) is 22.7. The number of hydrogen-bond acceptors (Lipinski definition) is 3. The average Bonchev–Trinajstić information content (AvgIpc) is 3.13. The van der Waals surface area contributed by atoms with Crippen molar-refractivity contribution < 1.29 is 14.0 Å². The van der Waals surface area contributed by atoms with Gasteiger partial charge < -0.3 is 14.0 Å². The molecule has 0 saturated carbocycles. The van der Waals surface area contributed by atoms with E-state index in [1.165, 1.54) is 0 Å². The summed E-state index contributed by atoms with van der Waals surface area (Å²) in [4.78, 5) is 0. The van der Waals surface area contributed by atoms with E-state index in [4.69, 9.17) is 9.47 Å². The van der Waals surface area contributed by atoms with E-state index in [0.717, 1.165) is 44.5 Å². The number of rotatable bonds is 4. The molecule has 0 saturated heterocycles.